The molecule has 4 heteroatoms. The van der Waals surface area contributed by atoms with E-state index < -0.39 is 0 Å². The van der Waals surface area contributed by atoms with Crippen LogP contribution in [0.5, 0.6) is 0 Å². The highest BCUT2D eigenvalue weighted by Crippen LogP contribution is 2.29. The SMILES string of the molecule is CC(c1ccc(-c2ccccc2)c(F)c1)c1cc(N)n(C)n1. The average molecular weight is 295 g/mol. The third-order valence-electron chi connectivity index (χ3n) is 3.96. The number of nitrogens with two attached hydrogens (primary N) is 1. The molecule has 0 aliphatic heterocycles. The van der Waals surface area contributed by atoms with Gasteiger partial charge in [-0.15, -0.1) is 0 Å². The van der Waals surface area contributed by atoms with Gasteiger partial charge < -0.3 is 5.73 Å². The number of halogens is 1. The van der Waals surface area contributed by atoms with Crippen LogP contribution < -0.4 is 5.73 Å². The lowest BCUT2D eigenvalue weighted by Gasteiger charge is -2.11. The van der Waals surface area contributed by atoms with E-state index in [0.717, 1.165) is 16.8 Å². The molecule has 1 unspecified atom stereocenters. The van der Waals surface area contributed by atoms with Gasteiger partial charge in [-0.25, -0.2) is 4.39 Å². The molecule has 0 amide bonds. The normalized spacial score (nSPS) is 12.3. The Labute approximate surface area is 129 Å². The van der Waals surface area contributed by atoms with Crippen LogP contribution in [-0.4, -0.2) is 9.78 Å². The van der Waals surface area contributed by atoms with Crippen molar-refractivity contribution in [1.82, 2.24) is 9.78 Å². The van der Waals surface area contributed by atoms with Crippen LogP contribution in [0, 0.1) is 5.82 Å². The van der Waals surface area contributed by atoms with Crippen molar-refractivity contribution in [3.8, 4) is 11.1 Å². The van der Waals surface area contributed by atoms with Gasteiger partial charge >= 0.3 is 0 Å². The Morgan fingerprint density at radius 2 is 1.82 bits per heavy atom. The maximum Gasteiger partial charge on any atom is 0.131 e. The van der Waals surface area contributed by atoms with Crippen molar-refractivity contribution in [1.29, 1.82) is 0 Å². The molecule has 1 atom stereocenters. The first-order valence-electron chi connectivity index (χ1n) is 7.20. The predicted molar refractivity (Wildman–Crippen MR) is 87.0 cm³/mol. The fourth-order valence-electron chi connectivity index (χ4n) is 2.54. The Kier molecular flexibility index (Phi) is 3.67. The number of aromatic nitrogens is 2. The summed E-state index contributed by atoms with van der Waals surface area (Å²) in [5.74, 6) is 0.366. The van der Waals surface area contributed by atoms with Gasteiger partial charge in [0.25, 0.3) is 0 Å². The molecular weight excluding hydrogens is 277 g/mol. The lowest BCUT2D eigenvalue weighted by molar-refractivity contribution is 0.627. The van der Waals surface area contributed by atoms with Gasteiger partial charge in [-0.1, -0.05) is 49.4 Å². The first kappa shape index (κ1) is 14.3. The van der Waals surface area contributed by atoms with Crippen LogP contribution in [0.15, 0.2) is 54.6 Å². The van der Waals surface area contributed by atoms with Crippen LogP contribution in [0.4, 0.5) is 10.2 Å². The summed E-state index contributed by atoms with van der Waals surface area (Å²) in [6, 6.07) is 16.7. The van der Waals surface area contributed by atoms with Crippen molar-refractivity contribution in [2.75, 3.05) is 5.73 Å². The molecule has 2 aromatic carbocycles. The second kappa shape index (κ2) is 5.64. The summed E-state index contributed by atoms with van der Waals surface area (Å²) in [5, 5.41) is 4.37. The monoisotopic (exact) mass is 295 g/mol. The number of aryl methyl sites for hydroxylation is 1. The van der Waals surface area contributed by atoms with Gasteiger partial charge in [0, 0.05) is 24.6 Å². The number of anilines is 1. The highest BCUT2D eigenvalue weighted by molar-refractivity contribution is 5.64. The lowest BCUT2D eigenvalue weighted by atomic mass is 9.95. The van der Waals surface area contributed by atoms with Crippen molar-refractivity contribution in [2.45, 2.75) is 12.8 Å². The Hall–Kier alpha value is -2.62. The molecule has 1 heterocycles. The molecule has 3 rings (SSSR count). The lowest BCUT2D eigenvalue weighted by Crippen LogP contribution is -2.00. The van der Waals surface area contributed by atoms with Gasteiger partial charge in [-0.3, -0.25) is 4.68 Å². The molecule has 22 heavy (non-hydrogen) atoms. The number of benzene rings is 2. The number of hydrogen-bond acceptors (Lipinski definition) is 2. The van der Waals surface area contributed by atoms with E-state index in [-0.39, 0.29) is 11.7 Å². The molecule has 0 bridgehead atoms. The summed E-state index contributed by atoms with van der Waals surface area (Å²) >= 11 is 0. The molecule has 3 aromatic rings. The molecule has 2 N–H and O–H groups in total. The zero-order valence-corrected chi connectivity index (χ0v) is 12.6. The van der Waals surface area contributed by atoms with Gasteiger partial charge in [0.1, 0.15) is 11.6 Å². The summed E-state index contributed by atoms with van der Waals surface area (Å²) in [5.41, 5.74) is 9.02. The zero-order valence-electron chi connectivity index (χ0n) is 12.6. The minimum absolute atomic E-state index is 0.0113. The van der Waals surface area contributed by atoms with Crippen molar-refractivity contribution in [3.05, 3.63) is 71.7 Å². The number of nitrogen functional groups attached to an aromatic ring is 1. The number of nitrogens with zero attached hydrogens (tertiary/aromatic N) is 2. The molecular formula is C18H18FN3. The maximum atomic E-state index is 14.4. The average Bonchev–Trinajstić information content (AvgIpc) is 2.87. The van der Waals surface area contributed by atoms with E-state index >= 15 is 0 Å². The van der Waals surface area contributed by atoms with Gasteiger partial charge in [0.15, 0.2) is 0 Å². The predicted octanol–water partition coefficient (Wildman–Crippen LogP) is 3.96. The zero-order chi connectivity index (χ0) is 15.7. The van der Waals surface area contributed by atoms with E-state index in [9.17, 15) is 4.39 Å². The minimum Gasteiger partial charge on any atom is -0.384 e. The highest BCUT2D eigenvalue weighted by Gasteiger charge is 2.15. The Morgan fingerprint density at radius 1 is 1.09 bits per heavy atom. The van der Waals surface area contributed by atoms with Gasteiger partial charge in [-0.2, -0.15) is 5.10 Å². The third kappa shape index (κ3) is 2.60. The van der Waals surface area contributed by atoms with Gasteiger partial charge in [0.2, 0.25) is 0 Å². The van der Waals surface area contributed by atoms with Crippen molar-refractivity contribution >= 4 is 5.82 Å². The first-order valence-corrected chi connectivity index (χ1v) is 7.20. The smallest absolute Gasteiger partial charge is 0.131 e. The van der Waals surface area contributed by atoms with Crippen molar-refractivity contribution in [2.24, 2.45) is 7.05 Å². The fraction of sp³-hybridized carbons (Fsp3) is 0.167. The topological polar surface area (TPSA) is 43.8 Å². The quantitative estimate of drug-likeness (QED) is 0.795. The largest absolute Gasteiger partial charge is 0.384 e. The molecule has 1 aromatic heterocycles. The van der Waals surface area contributed by atoms with Crippen LogP contribution in [0.1, 0.15) is 24.1 Å². The molecule has 0 aliphatic carbocycles. The summed E-state index contributed by atoms with van der Waals surface area (Å²) in [4.78, 5) is 0. The molecule has 0 saturated heterocycles. The van der Waals surface area contributed by atoms with Crippen LogP contribution in [-0.2, 0) is 7.05 Å². The molecule has 112 valence electrons. The summed E-state index contributed by atoms with van der Waals surface area (Å²) in [6.45, 7) is 2.00. The number of hydrogen-bond donors (Lipinski definition) is 1. The van der Waals surface area contributed by atoms with E-state index in [4.69, 9.17) is 5.73 Å². The second-order valence-electron chi connectivity index (χ2n) is 5.44. The van der Waals surface area contributed by atoms with Gasteiger partial charge in [-0.05, 0) is 17.2 Å². The van der Waals surface area contributed by atoms with Gasteiger partial charge in [0.05, 0.1) is 5.69 Å². The van der Waals surface area contributed by atoms with E-state index in [1.165, 1.54) is 0 Å². The maximum absolute atomic E-state index is 14.4. The Balaban J connectivity index is 1.95. The summed E-state index contributed by atoms with van der Waals surface area (Å²) in [6.07, 6.45) is 0. The van der Waals surface area contributed by atoms with Crippen molar-refractivity contribution in [3.63, 3.8) is 0 Å². The van der Waals surface area contributed by atoms with E-state index in [2.05, 4.69) is 5.10 Å². The molecule has 0 aliphatic rings. The summed E-state index contributed by atoms with van der Waals surface area (Å²) < 4.78 is 16.1. The standard InChI is InChI=1S/C18H18FN3/c1-12(17-11-18(20)22(2)21-17)14-8-9-15(16(19)10-14)13-6-4-3-5-7-13/h3-12H,20H2,1-2H3. The Morgan fingerprint density at radius 3 is 2.41 bits per heavy atom. The molecule has 0 spiro atoms. The van der Waals surface area contributed by atoms with E-state index in [1.54, 1.807) is 17.8 Å². The van der Waals surface area contributed by atoms with Crippen molar-refractivity contribution < 1.29 is 4.39 Å². The second-order valence-corrected chi connectivity index (χ2v) is 5.44. The van der Waals surface area contributed by atoms with Crippen LogP contribution in [0.25, 0.3) is 11.1 Å². The van der Waals surface area contributed by atoms with E-state index in [1.807, 2.05) is 55.5 Å². The first-order chi connectivity index (χ1) is 10.6. The fourth-order valence-corrected chi connectivity index (χ4v) is 2.54. The summed E-state index contributed by atoms with van der Waals surface area (Å²) in [7, 11) is 1.80. The van der Waals surface area contributed by atoms with Crippen LogP contribution in [0.2, 0.25) is 0 Å². The molecule has 0 radical (unpaired) electrons. The van der Waals surface area contributed by atoms with Crippen LogP contribution in [0.3, 0.4) is 0 Å². The Bertz CT molecular complexity index is 774. The van der Waals surface area contributed by atoms with E-state index in [0.29, 0.717) is 11.4 Å². The minimum atomic E-state index is -0.223. The number of rotatable bonds is 3. The molecule has 0 fully saturated rings. The molecule has 0 saturated carbocycles. The highest BCUT2D eigenvalue weighted by atomic mass is 19.1. The van der Waals surface area contributed by atoms with Crippen LogP contribution >= 0.6 is 0 Å². The molecule has 3 nitrogen and oxygen atoms in total. The third-order valence-corrected chi connectivity index (χ3v) is 3.96.